The van der Waals surface area contributed by atoms with Crippen LogP contribution in [0.3, 0.4) is 0 Å². The molecule has 1 saturated carbocycles. The van der Waals surface area contributed by atoms with Crippen LogP contribution >= 0.6 is 11.6 Å². The lowest BCUT2D eigenvalue weighted by Gasteiger charge is -2.40. The van der Waals surface area contributed by atoms with E-state index in [1.807, 2.05) is 18.2 Å². The molecule has 2 saturated heterocycles. The number of nitriles is 1. The Morgan fingerprint density at radius 1 is 1.00 bits per heavy atom. The Hall–Kier alpha value is -3.41. The van der Waals surface area contributed by atoms with Gasteiger partial charge < -0.3 is 19.7 Å². The summed E-state index contributed by atoms with van der Waals surface area (Å²) in [6, 6.07) is 19.7. The molecule has 3 heterocycles. The zero-order valence-corrected chi connectivity index (χ0v) is 25.4. The molecule has 4 aromatic rings. The average Bonchev–Trinajstić information content (AvgIpc) is 3.67. The number of nitrogens with one attached hydrogen (secondary N) is 1. The second-order valence-electron chi connectivity index (χ2n) is 12.5. The van der Waals surface area contributed by atoms with E-state index in [1.54, 1.807) is 0 Å². The van der Waals surface area contributed by atoms with Crippen LogP contribution in [0.5, 0.6) is 0 Å². The van der Waals surface area contributed by atoms with Crippen LogP contribution in [0.25, 0.3) is 33.7 Å². The minimum atomic E-state index is -0.128. The predicted octanol–water partition coefficient (Wildman–Crippen LogP) is 6.67. The summed E-state index contributed by atoms with van der Waals surface area (Å²) < 4.78 is 6.27. The van der Waals surface area contributed by atoms with E-state index in [4.69, 9.17) is 21.0 Å². The maximum atomic E-state index is 9.91. The SMILES string of the molecule is Cc1c(-c2nc3cc(CN4CCCC4)cc(C#N)c3o2)cccc1-c1cccc(N2CCC(NC3CC(O)C3)CC2)c1Cl. The summed E-state index contributed by atoms with van der Waals surface area (Å²) in [4.78, 5) is 9.70. The van der Waals surface area contributed by atoms with Gasteiger partial charge in [0.2, 0.25) is 5.89 Å². The van der Waals surface area contributed by atoms with Crippen molar-refractivity contribution in [1.82, 2.24) is 15.2 Å². The van der Waals surface area contributed by atoms with Crippen molar-refractivity contribution in [2.24, 2.45) is 0 Å². The average molecular weight is 596 g/mol. The molecule has 3 aliphatic rings. The molecule has 43 heavy (non-hydrogen) atoms. The molecule has 7 nitrogen and oxygen atoms in total. The number of nitrogens with zero attached hydrogens (tertiary/aromatic N) is 4. The molecule has 0 spiro atoms. The number of oxazole rings is 1. The molecule has 0 atom stereocenters. The van der Waals surface area contributed by atoms with E-state index >= 15 is 0 Å². The van der Waals surface area contributed by atoms with Gasteiger partial charge in [0.05, 0.1) is 22.4 Å². The highest BCUT2D eigenvalue weighted by Gasteiger charge is 2.31. The number of hydrogen-bond donors (Lipinski definition) is 2. The largest absolute Gasteiger partial charge is 0.435 e. The van der Waals surface area contributed by atoms with E-state index in [1.165, 1.54) is 12.8 Å². The summed E-state index contributed by atoms with van der Waals surface area (Å²) in [6.45, 7) is 7.00. The first-order valence-electron chi connectivity index (χ1n) is 15.6. The van der Waals surface area contributed by atoms with Gasteiger partial charge in [-0.15, -0.1) is 0 Å². The monoisotopic (exact) mass is 595 g/mol. The van der Waals surface area contributed by atoms with Crippen molar-refractivity contribution < 1.29 is 9.52 Å². The van der Waals surface area contributed by atoms with Crippen molar-refractivity contribution >= 4 is 28.4 Å². The van der Waals surface area contributed by atoms with Crippen molar-refractivity contribution in [2.45, 2.75) is 70.2 Å². The Bertz CT molecular complexity index is 1670. The zero-order chi connectivity index (χ0) is 29.5. The van der Waals surface area contributed by atoms with Gasteiger partial charge in [0.1, 0.15) is 11.6 Å². The molecule has 0 unspecified atom stereocenters. The molecule has 0 bridgehead atoms. The topological polar surface area (TPSA) is 88.6 Å². The molecule has 222 valence electrons. The number of benzene rings is 3. The number of fused-ring (bicyclic) bond motifs is 1. The predicted molar refractivity (Wildman–Crippen MR) is 171 cm³/mol. The maximum absolute atomic E-state index is 9.91. The number of likely N-dealkylation sites (tertiary alicyclic amines) is 1. The van der Waals surface area contributed by atoms with Gasteiger partial charge in [-0.25, -0.2) is 4.98 Å². The Labute approximate surface area is 258 Å². The number of aromatic nitrogens is 1. The molecule has 0 amide bonds. The molecular formula is C35H38ClN5O2. The molecule has 3 aromatic carbocycles. The van der Waals surface area contributed by atoms with Crippen LogP contribution in [0.1, 0.15) is 55.2 Å². The van der Waals surface area contributed by atoms with Crippen LogP contribution in [0.15, 0.2) is 52.9 Å². The van der Waals surface area contributed by atoms with Gasteiger partial charge in [0.15, 0.2) is 5.58 Å². The lowest BCUT2D eigenvalue weighted by Crippen LogP contribution is -2.52. The van der Waals surface area contributed by atoms with Crippen LogP contribution in [0, 0.1) is 18.3 Å². The zero-order valence-electron chi connectivity index (χ0n) is 24.7. The summed E-state index contributed by atoms with van der Waals surface area (Å²) >= 11 is 7.14. The van der Waals surface area contributed by atoms with Crippen LogP contribution in [0.2, 0.25) is 5.02 Å². The number of rotatable bonds is 7. The third kappa shape index (κ3) is 5.65. The summed E-state index contributed by atoms with van der Waals surface area (Å²) in [6.07, 6.45) is 6.19. The Balaban J connectivity index is 1.14. The number of hydrogen-bond acceptors (Lipinski definition) is 7. The van der Waals surface area contributed by atoms with Crippen molar-refractivity contribution in [3.8, 4) is 28.7 Å². The van der Waals surface area contributed by atoms with Crippen LogP contribution in [-0.4, -0.2) is 59.4 Å². The number of halogens is 1. The lowest BCUT2D eigenvalue weighted by atomic mass is 9.88. The molecule has 2 N–H and O–H groups in total. The fraction of sp³-hybridized carbons (Fsp3) is 0.429. The van der Waals surface area contributed by atoms with Gasteiger partial charge in [-0.1, -0.05) is 35.9 Å². The van der Waals surface area contributed by atoms with Crippen molar-refractivity contribution in [1.29, 1.82) is 5.26 Å². The molecule has 2 aliphatic heterocycles. The van der Waals surface area contributed by atoms with Crippen molar-refractivity contribution in [3.63, 3.8) is 0 Å². The third-order valence-electron chi connectivity index (χ3n) is 9.53. The summed E-state index contributed by atoms with van der Waals surface area (Å²) in [5.74, 6) is 0.519. The standard InChI is InChI=1S/C35H38ClN5O2/c1-22-28(30-8-5-9-32(33(30)36)41-14-10-25(11-15-41)38-26-18-27(42)19-26)6-4-7-29(22)35-39-31-17-23(21-40-12-2-3-13-40)16-24(20-37)34(31)43-35/h4-9,16-17,25-27,38,42H,2-3,10-15,18-19,21H2,1H3. The fourth-order valence-corrected chi connectivity index (χ4v) is 7.40. The first-order chi connectivity index (χ1) is 21.0. The highest BCUT2D eigenvalue weighted by atomic mass is 35.5. The van der Waals surface area contributed by atoms with Crippen LogP contribution in [0.4, 0.5) is 5.69 Å². The fourth-order valence-electron chi connectivity index (χ4n) is 7.05. The van der Waals surface area contributed by atoms with Gasteiger partial charge >= 0.3 is 0 Å². The number of anilines is 1. The Morgan fingerprint density at radius 3 is 2.47 bits per heavy atom. The smallest absolute Gasteiger partial charge is 0.227 e. The quantitative estimate of drug-likeness (QED) is 0.247. The van der Waals surface area contributed by atoms with Gasteiger partial charge in [-0.2, -0.15) is 5.26 Å². The number of aliphatic hydroxyl groups excluding tert-OH is 1. The molecule has 7 rings (SSSR count). The molecule has 1 aromatic heterocycles. The van der Waals surface area contributed by atoms with Gasteiger partial charge in [0.25, 0.3) is 0 Å². The number of piperidine rings is 1. The van der Waals surface area contributed by atoms with Crippen LogP contribution < -0.4 is 10.2 Å². The molecule has 3 fully saturated rings. The summed E-state index contributed by atoms with van der Waals surface area (Å²) in [5, 5.41) is 24.0. The van der Waals surface area contributed by atoms with Crippen molar-refractivity contribution in [3.05, 3.63) is 70.2 Å². The maximum Gasteiger partial charge on any atom is 0.227 e. The van der Waals surface area contributed by atoms with Crippen LogP contribution in [-0.2, 0) is 6.54 Å². The van der Waals surface area contributed by atoms with E-state index in [2.05, 4.69) is 58.4 Å². The van der Waals surface area contributed by atoms with Crippen molar-refractivity contribution in [2.75, 3.05) is 31.1 Å². The summed E-state index contributed by atoms with van der Waals surface area (Å²) in [7, 11) is 0. The number of aliphatic hydroxyl groups is 1. The van der Waals surface area contributed by atoms with Gasteiger partial charge in [-0.3, -0.25) is 4.90 Å². The van der Waals surface area contributed by atoms with E-state index in [9.17, 15) is 10.4 Å². The highest BCUT2D eigenvalue weighted by Crippen LogP contribution is 2.41. The molecular weight excluding hydrogens is 558 g/mol. The first-order valence-corrected chi connectivity index (χ1v) is 16.0. The summed E-state index contributed by atoms with van der Waals surface area (Å²) in [5.41, 5.74) is 7.92. The van der Waals surface area contributed by atoms with E-state index in [0.717, 1.165) is 102 Å². The molecule has 1 aliphatic carbocycles. The Kier molecular flexibility index (Phi) is 7.87. The van der Waals surface area contributed by atoms with E-state index in [0.29, 0.717) is 29.1 Å². The van der Waals surface area contributed by atoms with E-state index in [-0.39, 0.29) is 6.10 Å². The Morgan fingerprint density at radius 2 is 1.72 bits per heavy atom. The normalized spacial score (nSPS) is 21.3. The van der Waals surface area contributed by atoms with E-state index < -0.39 is 0 Å². The second kappa shape index (κ2) is 11.9. The molecule has 0 radical (unpaired) electrons. The van der Waals surface area contributed by atoms with Gasteiger partial charge in [-0.05, 0) is 99.5 Å². The van der Waals surface area contributed by atoms with Gasteiger partial charge in [0, 0.05) is 42.8 Å². The third-order valence-corrected chi connectivity index (χ3v) is 9.93. The first kappa shape index (κ1) is 28.4. The second-order valence-corrected chi connectivity index (χ2v) is 12.9. The lowest BCUT2D eigenvalue weighted by molar-refractivity contribution is 0.0562. The molecule has 8 heteroatoms. The minimum absolute atomic E-state index is 0.128. The minimum Gasteiger partial charge on any atom is -0.435 e. The highest BCUT2D eigenvalue weighted by molar-refractivity contribution is 6.36.